The maximum absolute atomic E-state index is 4.57. The van der Waals surface area contributed by atoms with Crippen LogP contribution in [0.25, 0.3) is 0 Å². The van der Waals surface area contributed by atoms with Crippen molar-refractivity contribution in [3.05, 3.63) is 59.2 Å². The first-order valence-corrected chi connectivity index (χ1v) is 9.88. The summed E-state index contributed by atoms with van der Waals surface area (Å²) >= 11 is 6.41. The Morgan fingerprint density at radius 1 is 1.17 bits per heavy atom. The van der Waals surface area contributed by atoms with E-state index in [1.54, 1.807) is 0 Å². The molecule has 1 heterocycles. The number of thiol groups is 1. The Kier molecular flexibility index (Phi) is 5.90. The van der Waals surface area contributed by atoms with Crippen LogP contribution in [0.2, 0.25) is 0 Å². The largest absolute Gasteiger partial charge is 0.368 e. The lowest BCUT2D eigenvalue weighted by molar-refractivity contribution is 0.644. The number of thioether (sulfide) groups is 1. The average Bonchev–Trinajstić information content (AvgIpc) is 3.09. The molecule has 0 saturated carbocycles. The quantitative estimate of drug-likeness (QED) is 0.573. The maximum atomic E-state index is 4.57. The van der Waals surface area contributed by atoms with Crippen LogP contribution in [0.3, 0.4) is 0 Å². The molecule has 24 heavy (non-hydrogen) atoms. The normalized spacial score (nSPS) is 13.9. The van der Waals surface area contributed by atoms with Gasteiger partial charge in [0.1, 0.15) is 5.84 Å². The number of nitrogens with one attached hydrogen (secondary N) is 1. The average molecular weight is 357 g/mol. The van der Waals surface area contributed by atoms with Crippen LogP contribution in [-0.4, -0.2) is 18.9 Å². The third kappa shape index (κ3) is 4.37. The molecule has 126 valence electrons. The molecule has 1 N–H and O–H groups in total. The monoisotopic (exact) mass is 356 g/mol. The first-order valence-electron chi connectivity index (χ1n) is 8.45. The van der Waals surface area contributed by atoms with E-state index in [1.807, 2.05) is 11.8 Å². The van der Waals surface area contributed by atoms with Gasteiger partial charge >= 0.3 is 0 Å². The molecule has 0 radical (unpaired) electrons. The molecule has 0 aliphatic carbocycles. The molecular weight excluding hydrogens is 332 g/mol. The SMILES string of the molecule is CC(C)Cc1ccc(S)cc1CSc1ccccc1C1=NCCN1. The molecule has 0 amide bonds. The van der Waals surface area contributed by atoms with Crippen molar-refractivity contribution in [2.75, 3.05) is 13.1 Å². The molecule has 2 nitrogen and oxygen atoms in total. The second-order valence-electron chi connectivity index (χ2n) is 6.49. The lowest BCUT2D eigenvalue weighted by Gasteiger charge is -2.14. The fourth-order valence-corrected chi connectivity index (χ4v) is 4.21. The molecule has 0 spiro atoms. The lowest BCUT2D eigenvalue weighted by atomic mass is 9.99. The van der Waals surface area contributed by atoms with Crippen LogP contribution in [0.5, 0.6) is 0 Å². The molecule has 0 atom stereocenters. The van der Waals surface area contributed by atoms with Gasteiger partial charge in [-0.3, -0.25) is 4.99 Å². The lowest BCUT2D eigenvalue weighted by Crippen LogP contribution is -2.20. The topological polar surface area (TPSA) is 24.4 Å². The zero-order valence-electron chi connectivity index (χ0n) is 14.2. The van der Waals surface area contributed by atoms with Crippen LogP contribution in [0.4, 0.5) is 0 Å². The molecule has 0 saturated heterocycles. The predicted octanol–water partition coefficient (Wildman–Crippen LogP) is 4.82. The number of aliphatic imine (C=N–C) groups is 1. The molecule has 1 aliphatic heterocycles. The van der Waals surface area contributed by atoms with Gasteiger partial charge in [0, 0.05) is 27.7 Å². The number of hydrogen-bond acceptors (Lipinski definition) is 4. The summed E-state index contributed by atoms with van der Waals surface area (Å²) in [5.74, 6) is 2.65. The molecule has 0 unspecified atom stereocenters. The van der Waals surface area contributed by atoms with Crippen molar-refractivity contribution in [2.45, 2.75) is 35.8 Å². The van der Waals surface area contributed by atoms with Crippen molar-refractivity contribution >= 4 is 30.2 Å². The molecule has 0 bridgehead atoms. The molecule has 3 rings (SSSR count). The minimum Gasteiger partial charge on any atom is -0.368 e. The van der Waals surface area contributed by atoms with Gasteiger partial charge in [0.25, 0.3) is 0 Å². The van der Waals surface area contributed by atoms with Crippen molar-refractivity contribution in [1.82, 2.24) is 5.32 Å². The van der Waals surface area contributed by atoms with Crippen LogP contribution in [0, 0.1) is 5.92 Å². The Bertz CT molecular complexity index is 738. The van der Waals surface area contributed by atoms with Crippen LogP contribution in [0.1, 0.15) is 30.5 Å². The first-order chi connectivity index (χ1) is 11.6. The highest BCUT2D eigenvalue weighted by molar-refractivity contribution is 7.98. The summed E-state index contributed by atoms with van der Waals surface area (Å²) in [6.07, 6.45) is 1.11. The second kappa shape index (κ2) is 8.13. The molecule has 0 fully saturated rings. The summed E-state index contributed by atoms with van der Waals surface area (Å²) < 4.78 is 0. The zero-order chi connectivity index (χ0) is 16.9. The smallest absolute Gasteiger partial charge is 0.129 e. The fraction of sp³-hybridized carbons (Fsp3) is 0.350. The Morgan fingerprint density at radius 2 is 2.00 bits per heavy atom. The third-order valence-electron chi connectivity index (χ3n) is 4.02. The Morgan fingerprint density at radius 3 is 2.75 bits per heavy atom. The highest BCUT2D eigenvalue weighted by atomic mass is 32.2. The summed E-state index contributed by atoms with van der Waals surface area (Å²) in [4.78, 5) is 6.89. The Labute approximate surface area is 154 Å². The van der Waals surface area contributed by atoms with E-state index in [9.17, 15) is 0 Å². The molecule has 2 aromatic carbocycles. The fourth-order valence-electron chi connectivity index (χ4n) is 2.91. The van der Waals surface area contributed by atoms with Gasteiger partial charge in [-0.2, -0.15) is 0 Å². The number of benzene rings is 2. The summed E-state index contributed by atoms with van der Waals surface area (Å²) in [7, 11) is 0. The van der Waals surface area contributed by atoms with Crippen molar-refractivity contribution in [1.29, 1.82) is 0 Å². The van der Waals surface area contributed by atoms with E-state index < -0.39 is 0 Å². The zero-order valence-corrected chi connectivity index (χ0v) is 16.0. The first kappa shape index (κ1) is 17.4. The molecule has 0 aromatic heterocycles. The van der Waals surface area contributed by atoms with Gasteiger partial charge in [-0.05, 0) is 41.7 Å². The third-order valence-corrected chi connectivity index (χ3v) is 5.42. The van der Waals surface area contributed by atoms with Crippen LogP contribution >= 0.6 is 24.4 Å². The molecule has 1 aliphatic rings. The summed E-state index contributed by atoms with van der Waals surface area (Å²) in [5, 5.41) is 3.38. The highest BCUT2D eigenvalue weighted by Gasteiger charge is 2.13. The number of nitrogens with zero attached hydrogens (tertiary/aromatic N) is 1. The van der Waals surface area contributed by atoms with Gasteiger partial charge < -0.3 is 5.32 Å². The number of amidine groups is 1. The van der Waals surface area contributed by atoms with Crippen LogP contribution in [0.15, 0.2) is 57.2 Å². The minimum absolute atomic E-state index is 0.656. The minimum atomic E-state index is 0.656. The van der Waals surface area contributed by atoms with E-state index in [0.717, 1.165) is 36.0 Å². The molecule has 2 aromatic rings. The number of hydrogen-bond donors (Lipinski definition) is 2. The maximum Gasteiger partial charge on any atom is 0.129 e. The van der Waals surface area contributed by atoms with Crippen molar-refractivity contribution in [3.8, 4) is 0 Å². The Balaban J connectivity index is 1.80. The van der Waals surface area contributed by atoms with Crippen molar-refractivity contribution in [3.63, 3.8) is 0 Å². The predicted molar refractivity (Wildman–Crippen MR) is 108 cm³/mol. The van der Waals surface area contributed by atoms with Crippen molar-refractivity contribution in [2.24, 2.45) is 10.9 Å². The Hall–Kier alpha value is -1.39. The second-order valence-corrected chi connectivity index (χ2v) is 8.03. The summed E-state index contributed by atoms with van der Waals surface area (Å²) in [6, 6.07) is 15.1. The van der Waals surface area contributed by atoms with Gasteiger partial charge in [0.15, 0.2) is 0 Å². The van der Waals surface area contributed by atoms with Crippen molar-refractivity contribution < 1.29 is 0 Å². The molecular formula is C20H24N2S2. The van der Waals surface area contributed by atoms with E-state index in [1.165, 1.54) is 21.6 Å². The summed E-state index contributed by atoms with van der Waals surface area (Å²) in [5.41, 5.74) is 4.04. The summed E-state index contributed by atoms with van der Waals surface area (Å²) in [6.45, 7) is 6.35. The van der Waals surface area contributed by atoms with E-state index in [4.69, 9.17) is 0 Å². The van der Waals surface area contributed by atoms with Gasteiger partial charge in [-0.25, -0.2) is 0 Å². The van der Waals surface area contributed by atoms with Gasteiger partial charge in [-0.15, -0.1) is 24.4 Å². The van der Waals surface area contributed by atoms with E-state index in [-0.39, 0.29) is 0 Å². The highest BCUT2D eigenvalue weighted by Crippen LogP contribution is 2.30. The van der Waals surface area contributed by atoms with Crippen LogP contribution < -0.4 is 5.32 Å². The van der Waals surface area contributed by atoms with Gasteiger partial charge in [0.2, 0.25) is 0 Å². The van der Waals surface area contributed by atoms with Crippen LogP contribution in [-0.2, 0) is 12.2 Å². The number of rotatable bonds is 6. The van der Waals surface area contributed by atoms with E-state index >= 15 is 0 Å². The van der Waals surface area contributed by atoms with E-state index in [2.05, 4.69) is 79.3 Å². The molecule has 4 heteroatoms. The van der Waals surface area contributed by atoms with Gasteiger partial charge in [-0.1, -0.05) is 38.1 Å². The standard InChI is InChI=1S/C20H24N2S2/c1-14(2)11-15-7-8-17(23)12-16(15)13-24-19-6-4-3-5-18(19)20-21-9-10-22-20/h3-8,12,14,23H,9-11,13H2,1-2H3,(H,21,22). The van der Waals surface area contributed by atoms with Gasteiger partial charge in [0.05, 0.1) is 6.54 Å². The van der Waals surface area contributed by atoms with E-state index in [0.29, 0.717) is 5.92 Å².